The van der Waals surface area contributed by atoms with E-state index in [1.807, 2.05) is 27.7 Å². The van der Waals surface area contributed by atoms with Crippen LogP contribution >= 0.6 is 11.5 Å². The van der Waals surface area contributed by atoms with E-state index in [1.165, 1.54) is 11.2 Å². The molecule has 3 amide bonds. The summed E-state index contributed by atoms with van der Waals surface area (Å²) < 4.78 is 9.33. The number of hydrogen-bond donors (Lipinski definition) is 3. The van der Waals surface area contributed by atoms with E-state index in [-0.39, 0.29) is 28.7 Å². The smallest absolute Gasteiger partial charge is 0.270 e. The number of nitrogens with two attached hydrogens (primary N) is 2. The molecule has 1 unspecified atom stereocenters. The van der Waals surface area contributed by atoms with Gasteiger partial charge in [0.05, 0.1) is 18.5 Å². The molecule has 2 heterocycles. The molecule has 0 saturated heterocycles. The quantitative estimate of drug-likeness (QED) is 0.552. The van der Waals surface area contributed by atoms with Gasteiger partial charge in [0.15, 0.2) is 5.69 Å². The Morgan fingerprint density at radius 2 is 2.03 bits per heavy atom. The van der Waals surface area contributed by atoms with Crippen molar-refractivity contribution >= 4 is 34.9 Å². The molecule has 2 aromatic rings. The van der Waals surface area contributed by atoms with Crippen molar-refractivity contribution in [2.75, 3.05) is 5.73 Å². The average Bonchev–Trinajstić information content (AvgIpc) is 3.28. The van der Waals surface area contributed by atoms with Gasteiger partial charge in [-0.05, 0) is 50.9 Å². The zero-order valence-electron chi connectivity index (χ0n) is 17.7. The SMILES string of the molecule is CCCCC(C(=O)NC(C)(C)C)N(Cc1ccco1)C(=O)c1snc(C(N)=O)c1N. The van der Waals surface area contributed by atoms with Gasteiger partial charge in [0.2, 0.25) is 5.91 Å². The van der Waals surface area contributed by atoms with Crippen LogP contribution < -0.4 is 16.8 Å². The van der Waals surface area contributed by atoms with E-state index in [9.17, 15) is 14.4 Å². The molecule has 30 heavy (non-hydrogen) atoms. The van der Waals surface area contributed by atoms with Gasteiger partial charge in [0.1, 0.15) is 16.7 Å². The number of furan rings is 1. The number of nitrogens with zero attached hydrogens (tertiary/aromatic N) is 2. The van der Waals surface area contributed by atoms with E-state index in [0.717, 1.165) is 24.4 Å². The highest BCUT2D eigenvalue weighted by atomic mass is 32.1. The molecule has 0 aliphatic carbocycles. The maximum atomic E-state index is 13.4. The van der Waals surface area contributed by atoms with Crippen molar-refractivity contribution in [3.63, 3.8) is 0 Å². The standard InChI is InChI=1S/C20H29N5O4S/c1-5-6-9-13(18(27)23-20(2,3)4)25(11-12-8-7-10-29-12)19(28)16-14(21)15(17(22)26)24-30-16/h7-8,10,13H,5-6,9,11,21H2,1-4H3,(H2,22,26)(H,23,27). The Bertz CT molecular complexity index is 886. The second-order valence-corrected chi connectivity index (χ2v) is 8.82. The van der Waals surface area contributed by atoms with Crippen LogP contribution in [0.1, 0.15) is 72.9 Å². The first-order valence-electron chi connectivity index (χ1n) is 9.75. The number of nitrogens with one attached hydrogen (secondary N) is 1. The van der Waals surface area contributed by atoms with Crippen LogP contribution in [-0.4, -0.2) is 38.6 Å². The molecule has 5 N–H and O–H groups in total. The lowest BCUT2D eigenvalue weighted by molar-refractivity contribution is -0.127. The number of primary amides is 1. The van der Waals surface area contributed by atoms with Gasteiger partial charge < -0.3 is 26.1 Å². The van der Waals surface area contributed by atoms with Gasteiger partial charge in [-0.1, -0.05) is 19.8 Å². The van der Waals surface area contributed by atoms with E-state index in [1.54, 1.807) is 12.1 Å². The van der Waals surface area contributed by atoms with Crippen LogP contribution in [0.15, 0.2) is 22.8 Å². The third-order valence-corrected chi connectivity index (χ3v) is 5.18. The monoisotopic (exact) mass is 435 g/mol. The number of aromatic nitrogens is 1. The van der Waals surface area contributed by atoms with E-state index in [2.05, 4.69) is 9.69 Å². The molecule has 0 saturated carbocycles. The van der Waals surface area contributed by atoms with Crippen molar-refractivity contribution in [3.05, 3.63) is 34.7 Å². The largest absolute Gasteiger partial charge is 0.467 e. The highest BCUT2D eigenvalue weighted by Gasteiger charge is 2.35. The zero-order valence-corrected chi connectivity index (χ0v) is 18.5. The first-order valence-corrected chi connectivity index (χ1v) is 10.5. The summed E-state index contributed by atoms with van der Waals surface area (Å²) in [5.74, 6) is -1.06. The van der Waals surface area contributed by atoms with Crippen LogP contribution in [0.25, 0.3) is 0 Å². The molecule has 0 aromatic carbocycles. The zero-order chi connectivity index (χ0) is 22.5. The minimum absolute atomic E-state index is 0.0698. The summed E-state index contributed by atoms with van der Waals surface area (Å²) in [4.78, 5) is 39.6. The summed E-state index contributed by atoms with van der Waals surface area (Å²) >= 11 is 0.790. The van der Waals surface area contributed by atoms with Gasteiger partial charge in [-0.2, -0.15) is 4.37 Å². The minimum Gasteiger partial charge on any atom is -0.467 e. The average molecular weight is 436 g/mol. The Morgan fingerprint density at radius 3 is 2.53 bits per heavy atom. The van der Waals surface area contributed by atoms with E-state index >= 15 is 0 Å². The van der Waals surface area contributed by atoms with Crippen molar-refractivity contribution in [3.8, 4) is 0 Å². The molecular weight excluding hydrogens is 406 g/mol. The molecule has 2 rings (SSSR count). The summed E-state index contributed by atoms with van der Waals surface area (Å²) in [6, 6.07) is 2.69. The first kappa shape index (κ1) is 23.4. The fourth-order valence-corrected chi connectivity index (χ4v) is 3.69. The third-order valence-electron chi connectivity index (χ3n) is 4.33. The van der Waals surface area contributed by atoms with Crippen molar-refractivity contribution in [2.45, 2.75) is 65.1 Å². The number of anilines is 1. The predicted molar refractivity (Wildman–Crippen MR) is 115 cm³/mol. The fourth-order valence-electron chi connectivity index (χ4n) is 2.93. The van der Waals surface area contributed by atoms with Gasteiger partial charge in [-0.15, -0.1) is 0 Å². The molecule has 9 nitrogen and oxygen atoms in total. The van der Waals surface area contributed by atoms with Gasteiger partial charge in [-0.3, -0.25) is 14.4 Å². The molecule has 10 heteroatoms. The normalized spacial score (nSPS) is 12.4. The summed E-state index contributed by atoms with van der Waals surface area (Å²) in [7, 11) is 0. The third kappa shape index (κ3) is 5.82. The first-order chi connectivity index (χ1) is 14.0. The molecule has 0 aliphatic rings. The minimum atomic E-state index is -0.812. The number of hydrogen-bond acceptors (Lipinski definition) is 7. The number of nitrogen functional groups attached to an aromatic ring is 1. The van der Waals surface area contributed by atoms with Crippen LogP contribution in [0.5, 0.6) is 0 Å². The lowest BCUT2D eigenvalue weighted by Gasteiger charge is -2.32. The Labute approximate surface area is 180 Å². The second kappa shape index (κ2) is 9.75. The number of rotatable bonds is 9. The molecule has 2 aromatic heterocycles. The van der Waals surface area contributed by atoms with E-state index in [0.29, 0.717) is 12.2 Å². The van der Waals surface area contributed by atoms with Crippen molar-refractivity contribution < 1.29 is 18.8 Å². The predicted octanol–water partition coefficient (Wildman–Crippen LogP) is 2.53. The molecule has 0 aliphatic heterocycles. The molecule has 0 spiro atoms. The maximum Gasteiger partial charge on any atom is 0.270 e. The van der Waals surface area contributed by atoms with Gasteiger partial charge in [0, 0.05) is 5.54 Å². The van der Waals surface area contributed by atoms with Crippen LogP contribution in [0.2, 0.25) is 0 Å². The van der Waals surface area contributed by atoms with Crippen molar-refractivity contribution in [2.24, 2.45) is 5.73 Å². The van der Waals surface area contributed by atoms with Crippen LogP contribution in [0, 0.1) is 0 Å². The highest BCUT2D eigenvalue weighted by molar-refractivity contribution is 7.09. The maximum absolute atomic E-state index is 13.4. The summed E-state index contributed by atoms with van der Waals surface area (Å²) in [5.41, 5.74) is 10.6. The molecule has 1 atom stereocenters. The number of carbonyl (C=O) groups excluding carboxylic acids is 3. The van der Waals surface area contributed by atoms with E-state index < -0.39 is 23.4 Å². The lowest BCUT2D eigenvalue weighted by atomic mass is 10.0. The molecule has 0 fully saturated rings. The molecule has 0 bridgehead atoms. The van der Waals surface area contributed by atoms with Gasteiger partial charge >= 0.3 is 0 Å². The van der Waals surface area contributed by atoms with Crippen LogP contribution in [0.3, 0.4) is 0 Å². The van der Waals surface area contributed by atoms with Gasteiger partial charge in [-0.25, -0.2) is 0 Å². The summed E-state index contributed by atoms with van der Waals surface area (Å²) in [5, 5.41) is 2.95. The van der Waals surface area contributed by atoms with Crippen molar-refractivity contribution in [1.82, 2.24) is 14.6 Å². The number of carbonyl (C=O) groups is 3. The second-order valence-electron chi connectivity index (χ2n) is 8.05. The van der Waals surface area contributed by atoms with Crippen LogP contribution in [0.4, 0.5) is 5.69 Å². The fraction of sp³-hybridized carbons (Fsp3) is 0.500. The highest BCUT2D eigenvalue weighted by Crippen LogP contribution is 2.26. The number of amides is 3. The molecule has 0 radical (unpaired) electrons. The topological polar surface area (TPSA) is 145 Å². The Kier molecular flexibility index (Phi) is 7.60. The summed E-state index contributed by atoms with van der Waals surface area (Å²) in [6.45, 7) is 7.71. The Morgan fingerprint density at radius 1 is 1.33 bits per heavy atom. The lowest BCUT2D eigenvalue weighted by Crippen LogP contribution is -2.53. The van der Waals surface area contributed by atoms with Crippen molar-refractivity contribution in [1.29, 1.82) is 0 Å². The summed E-state index contributed by atoms with van der Waals surface area (Å²) in [6.07, 6.45) is 3.57. The van der Waals surface area contributed by atoms with E-state index in [4.69, 9.17) is 15.9 Å². The van der Waals surface area contributed by atoms with Gasteiger partial charge in [0.25, 0.3) is 11.8 Å². The molecule has 164 valence electrons. The van der Waals surface area contributed by atoms with Crippen LogP contribution in [-0.2, 0) is 11.3 Å². The Hall–Kier alpha value is -2.88. The number of unbranched alkanes of at least 4 members (excludes halogenated alkanes) is 1. The Balaban J connectivity index is 2.46. The molecular formula is C20H29N5O4S.